The first kappa shape index (κ1) is 15.1. The number of benzene rings is 1. The highest BCUT2D eigenvalue weighted by Crippen LogP contribution is 2.15. The molecule has 0 aromatic heterocycles. The van der Waals surface area contributed by atoms with Crippen LogP contribution in [0.5, 0.6) is 0 Å². The highest BCUT2D eigenvalue weighted by Gasteiger charge is 2.12. The lowest BCUT2D eigenvalue weighted by Gasteiger charge is -2.09. The molecule has 0 fully saturated rings. The van der Waals surface area contributed by atoms with Gasteiger partial charge in [-0.3, -0.25) is 4.79 Å². The Morgan fingerprint density at radius 2 is 1.89 bits per heavy atom. The molecule has 1 rings (SSSR count). The van der Waals surface area contributed by atoms with Crippen LogP contribution in [0.2, 0.25) is 0 Å². The maximum absolute atomic E-state index is 11.6. The van der Waals surface area contributed by atoms with Gasteiger partial charge in [-0.05, 0) is 12.1 Å². The first-order valence-corrected chi connectivity index (χ1v) is 5.73. The highest BCUT2D eigenvalue weighted by molar-refractivity contribution is 6.01. The molecular formula is C13H17NO5. The standard InChI is InChI=1S/C13H17NO5/c1-17-7-8-19-9-12(15)14-11-6-4-3-5-10(11)13(16)18-2/h3-6H,7-9H2,1-2H3,(H,14,15). The molecular weight excluding hydrogens is 250 g/mol. The third kappa shape index (κ3) is 5.07. The Labute approximate surface area is 111 Å². The van der Waals surface area contributed by atoms with Crippen molar-refractivity contribution in [3.05, 3.63) is 29.8 Å². The van der Waals surface area contributed by atoms with E-state index >= 15 is 0 Å². The van der Waals surface area contributed by atoms with E-state index in [0.29, 0.717) is 24.5 Å². The summed E-state index contributed by atoms with van der Waals surface area (Å²) in [5.74, 6) is -0.844. The summed E-state index contributed by atoms with van der Waals surface area (Å²) >= 11 is 0. The molecule has 1 amide bonds. The van der Waals surface area contributed by atoms with Crippen molar-refractivity contribution < 1.29 is 23.8 Å². The average Bonchev–Trinajstić information content (AvgIpc) is 2.43. The Morgan fingerprint density at radius 3 is 2.58 bits per heavy atom. The number of para-hydroxylation sites is 1. The number of anilines is 1. The van der Waals surface area contributed by atoms with Gasteiger partial charge in [0.15, 0.2) is 0 Å². The molecule has 104 valence electrons. The van der Waals surface area contributed by atoms with Crippen molar-refractivity contribution in [2.24, 2.45) is 0 Å². The molecule has 0 saturated carbocycles. The van der Waals surface area contributed by atoms with Gasteiger partial charge in [-0.15, -0.1) is 0 Å². The minimum atomic E-state index is -0.504. The molecule has 0 atom stereocenters. The molecule has 6 heteroatoms. The zero-order chi connectivity index (χ0) is 14.1. The molecule has 19 heavy (non-hydrogen) atoms. The monoisotopic (exact) mass is 267 g/mol. The van der Waals surface area contributed by atoms with Crippen LogP contribution in [0, 0.1) is 0 Å². The zero-order valence-corrected chi connectivity index (χ0v) is 11.0. The summed E-state index contributed by atoms with van der Waals surface area (Å²) in [4.78, 5) is 23.1. The Bertz CT molecular complexity index is 433. The number of carbonyl (C=O) groups excluding carboxylic acids is 2. The lowest BCUT2D eigenvalue weighted by molar-refractivity contribution is -0.121. The van der Waals surface area contributed by atoms with Gasteiger partial charge in [0.1, 0.15) is 6.61 Å². The van der Waals surface area contributed by atoms with Crippen LogP contribution in [0.15, 0.2) is 24.3 Å². The van der Waals surface area contributed by atoms with Crippen LogP contribution < -0.4 is 5.32 Å². The maximum atomic E-state index is 11.6. The fourth-order valence-corrected chi connectivity index (χ4v) is 1.37. The van der Waals surface area contributed by atoms with Crippen LogP contribution >= 0.6 is 0 Å². The van der Waals surface area contributed by atoms with E-state index in [2.05, 4.69) is 10.1 Å². The van der Waals surface area contributed by atoms with Gasteiger partial charge >= 0.3 is 5.97 Å². The summed E-state index contributed by atoms with van der Waals surface area (Å²) in [7, 11) is 2.84. The molecule has 0 spiro atoms. The van der Waals surface area contributed by atoms with E-state index in [-0.39, 0.29) is 12.5 Å². The van der Waals surface area contributed by atoms with Gasteiger partial charge in [0.2, 0.25) is 5.91 Å². The van der Waals surface area contributed by atoms with Gasteiger partial charge in [0.05, 0.1) is 31.6 Å². The normalized spacial score (nSPS) is 10.0. The number of hydrogen-bond donors (Lipinski definition) is 1. The van der Waals surface area contributed by atoms with E-state index in [1.165, 1.54) is 7.11 Å². The molecule has 0 unspecified atom stereocenters. The number of hydrogen-bond acceptors (Lipinski definition) is 5. The van der Waals surface area contributed by atoms with Gasteiger partial charge in [0, 0.05) is 7.11 Å². The predicted molar refractivity (Wildman–Crippen MR) is 69.1 cm³/mol. The Kier molecular flexibility index (Phi) is 6.56. The van der Waals surface area contributed by atoms with Crippen molar-refractivity contribution in [3.63, 3.8) is 0 Å². The molecule has 0 aliphatic carbocycles. The minimum Gasteiger partial charge on any atom is -0.465 e. The van der Waals surface area contributed by atoms with Gasteiger partial charge in [-0.1, -0.05) is 12.1 Å². The number of rotatable bonds is 7. The van der Waals surface area contributed by atoms with Gasteiger partial charge in [0.25, 0.3) is 0 Å². The molecule has 1 aromatic carbocycles. The van der Waals surface area contributed by atoms with Crippen LogP contribution in [0.3, 0.4) is 0 Å². The minimum absolute atomic E-state index is 0.0983. The van der Waals surface area contributed by atoms with Crippen LogP contribution in [-0.2, 0) is 19.0 Å². The topological polar surface area (TPSA) is 73.9 Å². The van der Waals surface area contributed by atoms with Crippen LogP contribution in [-0.4, -0.2) is 45.9 Å². The predicted octanol–water partition coefficient (Wildman–Crippen LogP) is 1.07. The number of amides is 1. The molecule has 0 saturated heterocycles. The molecule has 1 N–H and O–H groups in total. The van der Waals surface area contributed by atoms with Crippen molar-refractivity contribution in [3.8, 4) is 0 Å². The van der Waals surface area contributed by atoms with E-state index in [4.69, 9.17) is 9.47 Å². The van der Waals surface area contributed by atoms with Gasteiger partial charge in [-0.2, -0.15) is 0 Å². The van der Waals surface area contributed by atoms with E-state index < -0.39 is 5.97 Å². The number of ether oxygens (including phenoxy) is 3. The number of esters is 1. The van der Waals surface area contributed by atoms with E-state index in [1.807, 2.05) is 0 Å². The highest BCUT2D eigenvalue weighted by atomic mass is 16.5. The second kappa shape index (κ2) is 8.23. The Balaban J connectivity index is 2.56. The maximum Gasteiger partial charge on any atom is 0.339 e. The van der Waals surface area contributed by atoms with Gasteiger partial charge in [-0.25, -0.2) is 4.79 Å². The average molecular weight is 267 g/mol. The lowest BCUT2D eigenvalue weighted by atomic mass is 10.2. The van der Waals surface area contributed by atoms with E-state index in [1.54, 1.807) is 31.4 Å². The van der Waals surface area contributed by atoms with Crippen molar-refractivity contribution in [2.45, 2.75) is 0 Å². The summed E-state index contributed by atoms with van der Waals surface area (Å²) in [6, 6.07) is 6.61. The number of nitrogens with one attached hydrogen (secondary N) is 1. The third-order valence-corrected chi connectivity index (χ3v) is 2.27. The van der Waals surface area contributed by atoms with Crippen molar-refractivity contribution in [1.29, 1.82) is 0 Å². The zero-order valence-electron chi connectivity index (χ0n) is 11.0. The summed E-state index contributed by atoms with van der Waals surface area (Å²) in [5.41, 5.74) is 0.699. The van der Waals surface area contributed by atoms with Crippen LogP contribution in [0.1, 0.15) is 10.4 Å². The first-order valence-electron chi connectivity index (χ1n) is 5.73. The second-order valence-electron chi connectivity index (χ2n) is 3.63. The second-order valence-corrected chi connectivity index (χ2v) is 3.63. The SMILES string of the molecule is COCCOCC(=O)Nc1ccccc1C(=O)OC. The number of carbonyl (C=O) groups is 2. The summed E-state index contributed by atoms with van der Waals surface area (Å²) in [6.07, 6.45) is 0. The van der Waals surface area contributed by atoms with Crippen molar-refractivity contribution in [2.75, 3.05) is 39.4 Å². The van der Waals surface area contributed by atoms with Crippen molar-refractivity contribution >= 4 is 17.6 Å². The summed E-state index contributed by atoms with van der Waals surface area (Å²) in [5, 5.41) is 2.60. The van der Waals surface area contributed by atoms with Gasteiger partial charge < -0.3 is 19.5 Å². The molecule has 0 heterocycles. The first-order chi connectivity index (χ1) is 9.19. The fraction of sp³-hybridized carbons (Fsp3) is 0.385. The van der Waals surface area contributed by atoms with Crippen LogP contribution in [0.4, 0.5) is 5.69 Å². The van der Waals surface area contributed by atoms with Crippen LogP contribution in [0.25, 0.3) is 0 Å². The van der Waals surface area contributed by atoms with E-state index in [9.17, 15) is 9.59 Å². The summed E-state index contributed by atoms with van der Waals surface area (Å²) in [6.45, 7) is 0.660. The van der Waals surface area contributed by atoms with Crippen molar-refractivity contribution in [1.82, 2.24) is 0 Å². The van der Waals surface area contributed by atoms with E-state index in [0.717, 1.165) is 0 Å². The molecule has 1 aromatic rings. The molecule has 0 aliphatic heterocycles. The molecule has 0 radical (unpaired) electrons. The third-order valence-electron chi connectivity index (χ3n) is 2.27. The summed E-state index contributed by atoms with van der Waals surface area (Å²) < 4.78 is 14.5. The number of methoxy groups -OCH3 is 2. The molecule has 0 bridgehead atoms. The smallest absolute Gasteiger partial charge is 0.339 e. The lowest BCUT2D eigenvalue weighted by Crippen LogP contribution is -2.21. The molecule has 0 aliphatic rings. The Hall–Kier alpha value is -1.92. The quantitative estimate of drug-likeness (QED) is 0.591. The Morgan fingerprint density at radius 1 is 1.16 bits per heavy atom. The largest absolute Gasteiger partial charge is 0.465 e. The fourth-order valence-electron chi connectivity index (χ4n) is 1.37. The molecule has 6 nitrogen and oxygen atoms in total.